The van der Waals surface area contributed by atoms with Crippen molar-refractivity contribution in [3.05, 3.63) is 0 Å². The van der Waals surface area contributed by atoms with Crippen LogP contribution in [0.3, 0.4) is 0 Å². The molecule has 1 heterocycles. The van der Waals surface area contributed by atoms with E-state index in [9.17, 15) is 4.79 Å². The van der Waals surface area contributed by atoms with Gasteiger partial charge in [0.25, 0.3) is 0 Å². The molecule has 94 valence electrons. The average Bonchev–Trinajstić information content (AvgIpc) is 2.67. The molecule has 1 fully saturated rings. The minimum atomic E-state index is 0.00870. The molecule has 0 radical (unpaired) electrons. The van der Waals surface area contributed by atoms with E-state index in [0.29, 0.717) is 12.3 Å². The van der Waals surface area contributed by atoms with Gasteiger partial charge in [0.05, 0.1) is 0 Å². The first-order valence-corrected chi connectivity index (χ1v) is 6.31. The molecule has 3 N–H and O–H groups in total. The van der Waals surface area contributed by atoms with Gasteiger partial charge in [-0.2, -0.15) is 0 Å². The Morgan fingerprint density at radius 2 is 2.38 bits per heavy atom. The van der Waals surface area contributed by atoms with Crippen molar-refractivity contribution in [1.82, 2.24) is 4.90 Å². The fourth-order valence-electron chi connectivity index (χ4n) is 2.30. The molecular formula is C12H24N2O2. The van der Waals surface area contributed by atoms with Crippen LogP contribution in [0.5, 0.6) is 0 Å². The van der Waals surface area contributed by atoms with Crippen LogP contribution in [-0.4, -0.2) is 41.7 Å². The summed E-state index contributed by atoms with van der Waals surface area (Å²) in [4.78, 5) is 13.8. The molecule has 16 heavy (non-hydrogen) atoms. The third-order valence-electron chi connectivity index (χ3n) is 3.27. The fraction of sp³-hybridized carbons (Fsp3) is 0.917. The van der Waals surface area contributed by atoms with Crippen LogP contribution in [0.2, 0.25) is 0 Å². The van der Waals surface area contributed by atoms with E-state index >= 15 is 0 Å². The number of amides is 1. The molecule has 0 aromatic heterocycles. The maximum Gasteiger partial charge on any atom is 0.224 e. The maximum absolute atomic E-state index is 11.9. The van der Waals surface area contributed by atoms with Crippen molar-refractivity contribution in [2.24, 2.45) is 11.7 Å². The normalized spacial score (nSPS) is 22.4. The van der Waals surface area contributed by atoms with Gasteiger partial charge in [-0.25, -0.2) is 0 Å². The second kappa shape index (κ2) is 6.86. The SMILES string of the molecule is CCCC(N)CC(=O)N1CCC(CCO)C1. The topological polar surface area (TPSA) is 66.6 Å². The van der Waals surface area contributed by atoms with Crippen LogP contribution >= 0.6 is 0 Å². The first kappa shape index (κ1) is 13.5. The molecule has 0 aliphatic carbocycles. The minimum Gasteiger partial charge on any atom is -0.396 e. The lowest BCUT2D eigenvalue weighted by Crippen LogP contribution is -2.34. The van der Waals surface area contributed by atoms with Crippen molar-refractivity contribution < 1.29 is 9.90 Å². The van der Waals surface area contributed by atoms with Gasteiger partial charge in [-0.3, -0.25) is 4.79 Å². The lowest BCUT2D eigenvalue weighted by Gasteiger charge is -2.18. The van der Waals surface area contributed by atoms with E-state index in [0.717, 1.165) is 38.8 Å². The average molecular weight is 228 g/mol. The Labute approximate surface area is 97.8 Å². The maximum atomic E-state index is 11.9. The summed E-state index contributed by atoms with van der Waals surface area (Å²) in [6, 6.07) is 0.00870. The smallest absolute Gasteiger partial charge is 0.224 e. The summed E-state index contributed by atoms with van der Waals surface area (Å²) in [5.74, 6) is 0.665. The van der Waals surface area contributed by atoms with E-state index < -0.39 is 0 Å². The van der Waals surface area contributed by atoms with Gasteiger partial charge in [0.15, 0.2) is 0 Å². The number of carbonyl (C=O) groups excluding carboxylic acids is 1. The van der Waals surface area contributed by atoms with Gasteiger partial charge in [0.2, 0.25) is 5.91 Å². The van der Waals surface area contributed by atoms with Gasteiger partial charge in [0, 0.05) is 32.2 Å². The van der Waals surface area contributed by atoms with E-state index in [-0.39, 0.29) is 18.6 Å². The highest BCUT2D eigenvalue weighted by Gasteiger charge is 2.26. The molecule has 0 bridgehead atoms. The molecular weight excluding hydrogens is 204 g/mol. The fourth-order valence-corrected chi connectivity index (χ4v) is 2.30. The van der Waals surface area contributed by atoms with Crippen LogP contribution in [-0.2, 0) is 4.79 Å². The molecule has 1 aliphatic heterocycles. The Bertz CT molecular complexity index is 221. The van der Waals surface area contributed by atoms with Crippen molar-refractivity contribution in [3.8, 4) is 0 Å². The Hall–Kier alpha value is -0.610. The second-order valence-electron chi connectivity index (χ2n) is 4.76. The van der Waals surface area contributed by atoms with Crippen LogP contribution in [0.4, 0.5) is 0 Å². The van der Waals surface area contributed by atoms with Crippen molar-refractivity contribution in [1.29, 1.82) is 0 Å². The van der Waals surface area contributed by atoms with E-state index in [4.69, 9.17) is 10.8 Å². The molecule has 1 rings (SSSR count). The summed E-state index contributed by atoms with van der Waals surface area (Å²) < 4.78 is 0. The molecule has 1 aliphatic rings. The van der Waals surface area contributed by atoms with Crippen molar-refractivity contribution in [2.75, 3.05) is 19.7 Å². The van der Waals surface area contributed by atoms with Gasteiger partial charge in [0.1, 0.15) is 0 Å². The summed E-state index contributed by atoms with van der Waals surface area (Å²) in [5, 5.41) is 8.84. The summed E-state index contributed by atoms with van der Waals surface area (Å²) in [6.07, 6.45) is 4.25. The lowest BCUT2D eigenvalue weighted by molar-refractivity contribution is -0.130. The van der Waals surface area contributed by atoms with Crippen LogP contribution in [0.1, 0.15) is 39.0 Å². The highest BCUT2D eigenvalue weighted by molar-refractivity contribution is 5.77. The van der Waals surface area contributed by atoms with E-state index in [1.807, 2.05) is 4.90 Å². The summed E-state index contributed by atoms with van der Waals surface area (Å²) in [7, 11) is 0. The largest absolute Gasteiger partial charge is 0.396 e. The van der Waals surface area contributed by atoms with Gasteiger partial charge in [-0.1, -0.05) is 13.3 Å². The van der Waals surface area contributed by atoms with Crippen LogP contribution in [0, 0.1) is 5.92 Å². The first-order chi connectivity index (χ1) is 7.67. The lowest BCUT2D eigenvalue weighted by atomic mass is 10.1. The molecule has 1 saturated heterocycles. The number of nitrogens with zero attached hydrogens (tertiary/aromatic N) is 1. The summed E-state index contributed by atoms with van der Waals surface area (Å²) in [5.41, 5.74) is 5.86. The second-order valence-corrected chi connectivity index (χ2v) is 4.76. The predicted molar refractivity (Wildman–Crippen MR) is 63.9 cm³/mol. The molecule has 4 nitrogen and oxygen atoms in total. The zero-order chi connectivity index (χ0) is 12.0. The number of nitrogens with two attached hydrogens (primary N) is 1. The molecule has 2 unspecified atom stereocenters. The molecule has 0 aromatic carbocycles. The predicted octanol–water partition coefficient (Wildman–Crippen LogP) is 0.735. The number of hydrogen-bond acceptors (Lipinski definition) is 3. The summed E-state index contributed by atoms with van der Waals surface area (Å²) >= 11 is 0. The zero-order valence-corrected chi connectivity index (χ0v) is 10.2. The van der Waals surface area contributed by atoms with E-state index in [1.54, 1.807) is 0 Å². The first-order valence-electron chi connectivity index (χ1n) is 6.31. The molecule has 1 amide bonds. The number of likely N-dealkylation sites (tertiary alicyclic amines) is 1. The van der Waals surface area contributed by atoms with Crippen LogP contribution in [0.15, 0.2) is 0 Å². The Balaban J connectivity index is 2.27. The number of aliphatic hydroxyl groups is 1. The number of rotatable bonds is 6. The minimum absolute atomic E-state index is 0.00870. The quantitative estimate of drug-likeness (QED) is 0.704. The Morgan fingerprint density at radius 1 is 1.62 bits per heavy atom. The van der Waals surface area contributed by atoms with Crippen LogP contribution in [0.25, 0.3) is 0 Å². The van der Waals surface area contributed by atoms with Crippen molar-refractivity contribution in [2.45, 2.75) is 45.1 Å². The zero-order valence-electron chi connectivity index (χ0n) is 10.2. The monoisotopic (exact) mass is 228 g/mol. The Morgan fingerprint density at radius 3 is 3.00 bits per heavy atom. The highest BCUT2D eigenvalue weighted by Crippen LogP contribution is 2.20. The third-order valence-corrected chi connectivity index (χ3v) is 3.27. The molecule has 0 aromatic rings. The van der Waals surface area contributed by atoms with Gasteiger partial charge >= 0.3 is 0 Å². The molecule has 0 saturated carbocycles. The van der Waals surface area contributed by atoms with E-state index in [1.165, 1.54) is 0 Å². The number of aliphatic hydroxyl groups excluding tert-OH is 1. The summed E-state index contributed by atoms with van der Waals surface area (Å²) in [6.45, 7) is 3.94. The highest BCUT2D eigenvalue weighted by atomic mass is 16.3. The number of carbonyl (C=O) groups is 1. The third kappa shape index (κ3) is 4.10. The van der Waals surface area contributed by atoms with Gasteiger partial charge in [-0.15, -0.1) is 0 Å². The van der Waals surface area contributed by atoms with Gasteiger partial charge in [-0.05, 0) is 25.2 Å². The van der Waals surface area contributed by atoms with Gasteiger partial charge < -0.3 is 15.7 Å². The standard InChI is InChI=1S/C12H24N2O2/c1-2-3-11(13)8-12(16)14-6-4-10(9-14)5-7-15/h10-11,15H,2-9,13H2,1H3. The number of hydrogen-bond donors (Lipinski definition) is 2. The Kier molecular flexibility index (Phi) is 5.77. The van der Waals surface area contributed by atoms with E-state index in [2.05, 4.69) is 6.92 Å². The van der Waals surface area contributed by atoms with Crippen molar-refractivity contribution >= 4 is 5.91 Å². The molecule has 0 spiro atoms. The van der Waals surface area contributed by atoms with Crippen molar-refractivity contribution in [3.63, 3.8) is 0 Å². The molecule has 4 heteroatoms. The molecule has 2 atom stereocenters. The van der Waals surface area contributed by atoms with Crippen LogP contribution < -0.4 is 5.73 Å².